The smallest absolute Gasteiger partial charge is 0.321 e. The Bertz CT molecular complexity index is 475. The number of carboxylic acid groups (broad SMARTS) is 1. The lowest BCUT2D eigenvalue weighted by Crippen LogP contribution is -2.44. The monoisotopic (exact) mass is 266 g/mol. The fourth-order valence-corrected chi connectivity index (χ4v) is 2.10. The molecule has 2 amide bonds. The number of aliphatic carboxylic acids is 1. The maximum Gasteiger partial charge on any atom is 0.321 e. The highest BCUT2D eigenvalue weighted by Gasteiger charge is 2.28. The molecule has 0 saturated carbocycles. The standard InChI is InChI=1S/C13H15FN2O3/c14-10-3-5-11(6-4-10)15-13(19)16-7-1-2-9(8-16)12(17)18/h3-6,9H,1-2,7-8H2,(H,15,19)(H,17,18)/t9-/m1/s1. The third kappa shape index (κ3) is 3.43. The third-order valence-electron chi connectivity index (χ3n) is 3.15. The molecule has 0 radical (unpaired) electrons. The second-order valence-corrected chi connectivity index (χ2v) is 4.56. The summed E-state index contributed by atoms with van der Waals surface area (Å²) < 4.78 is 12.7. The topological polar surface area (TPSA) is 69.6 Å². The van der Waals surface area contributed by atoms with Crippen LogP contribution in [0.5, 0.6) is 0 Å². The Labute approximate surface area is 110 Å². The van der Waals surface area contributed by atoms with Crippen LogP contribution in [0.25, 0.3) is 0 Å². The SMILES string of the molecule is O=C(O)[C@@H]1CCCN(C(=O)Nc2ccc(F)cc2)C1. The fourth-order valence-electron chi connectivity index (χ4n) is 2.10. The summed E-state index contributed by atoms with van der Waals surface area (Å²) in [5.41, 5.74) is 0.490. The summed E-state index contributed by atoms with van der Waals surface area (Å²) in [5, 5.41) is 11.6. The molecule has 0 aliphatic carbocycles. The molecule has 1 fully saturated rings. The average molecular weight is 266 g/mol. The van der Waals surface area contributed by atoms with Gasteiger partial charge in [-0.1, -0.05) is 0 Å². The summed E-state index contributed by atoms with van der Waals surface area (Å²) in [5.74, 6) is -1.76. The number of hydrogen-bond acceptors (Lipinski definition) is 2. The van der Waals surface area contributed by atoms with Gasteiger partial charge in [-0.2, -0.15) is 0 Å². The van der Waals surface area contributed by atoms with Crippen LogP contribution in [0.15, 0.2) is 24.3 Å². The number of piperidine rings is 1. The van der Waals surface area contributed by atoms with Crippen LogP contribution in [0.3, 0.4) is 0 Å². The van der Waals surface area contributed by atoms with Crippen molar-refractivity contribution in [2.45, 2.75) is 12.8 Å². The lowest BCUT2D eigenvalue weighted by molar-refractivity contribution is -0.143. The molecule has 102 valence electrons. The number of urea groups is 1. The molecule has 1 aliphatic rings. The van der Waals surface area contributed by atoms with Crippen molar-refractivity contribution >= 4 is 17.7 Å². The Morgan fingerprint density at radius 1 is 1.32 bits per heavy atom. The zero-order valence-corrected chi connectivity index (χ0v) is 10.3. The van der Waals surface area contributed by atoms with E-state index < -0.39 is 11.9 Å². The first-order valence-electron chi connectivity index (χ1n) is 6.10. The second-order valence-electron chi connectivity index (χ2n) is 4.56. The van der Waals surface area contributed by atoms with E-state index >= 15 is 0 Å². The number of benzene rings is 1. The van der Waals surface area contributed by atoms with Crippen LogP contribution < -0.4 is 5.32 Å². The molecule has 5 nitrogen and oxygen atoms in total. The highest BCUT2D eigenvalue weighted by Crippen LogP contribution is 2.18. The van der Waals surface area contributed by atoms with Crippen LogP contribution in [0.1, 0.15) is 12.8 Å². The molecule has 2 rings (SSSR count). The van der Waals surface area contributed by atoms with Crippen LogP contribution in [-0.4, -0.2) is 35.1 Å². The second kappa shape index (κ2) is 5.69. The highest BCUT2D eigenvalue weighted by atomic mass is 19.1. The number of rotatable bonds is 2. The molecule has 6 heteroatoms. The third-order valence-corrected chi connectivity index (χ3v) is 3.15. The number of carbonyl (C=O) groups is 2. The van der Waals surface area contributed by atoms with Crippen LogP contribution >= 0.6 is 0 Å². The molecule has 1 saturated heterocycles. The van der Waals surface area contributed by atoms with Crippen LogP contribution in [0, 0.1) is 11.7 Å². The van der Waals surface area contributed by atoms with E-state index in [9.17, 15) is 14.0 Å². The van der Waals surface area contributed by atoms with E-state index in [0.717, 1.165) is 0 Å². The molecule has 1 atom stereocenters. The summed E-state index contributed by atoms with van der Waals surface area (Å²) in [6.45, 7) is 0.749. The molecule has 0 aromatic heterocycles. The Balaban J connectivity index is 1.96. The van der Waals surface area contributed by atoms with E-state index in [1.807, 2.05) is 0 Å². The number of halogens is 1. The van der Waals surface area contributed by atoms with Gasteiger partial charge >= 0.3 is 12.0 Å². The Hall–Kier alpha value is -2.11. The van der Waals surface area contributed by atoms with Gasteiger partial charge in [0.15, 0.2) is 0 Å². The van der Waals surface area contributed by atoms with Gasteiger partial charge in [0.05, 0.1) is 5.92 Å². The first-order valence-corrected chi connectivity index (χ1v) is 6.10. The number of carboxylic acids is 1. The molecular formula is C13H15FN2O3. The number of likely N-dealkylation sites (tertiary alicyclic amines) is 1. The molecule has 1 aromatic carbocycles. The van der Waals surface area contributed by atoms with Crippen molar-refractivity contribution in [3.05, 3.63) is 30.1 Å². The van der Waals surface area contributed by atoms with Gasteiger partial charge in [0.25, 0.3) is 0 Å². The van der Waals surface area contributed by atoms with Crippen molar-refractivity contribution in [1.82, 2.24) is 4.90 Å². The summed E-state index contributed by atoms with van der Waals surface area (Å²) in [6, 6.07) is 5.09. The maximum atomic E-state index is 12.7. The number of hydrogen-bond donors (Lipinski definition) is 2. The largest absolute Gasteiger partial charge is 0.481 e. The number of amides is 2. The number of nitrogens with one attached hydrogen (secondary N) is 1. The summed E-state index contributed by atoms with van der Waals surface area (Å²) >= 11 is 0. The minimum Gasteiger partial charge on any atom is -0.481 e. The van der Waals surface area contributed by atoms with E-state index in [0.29, 0.717) is 25.1 Å². The predicted molar refractivity (Wildman–Crippen MR) is 67.4 cm³/mol. The van der Waals surface area contributed by atoms with Gasteiger partial charge in [-0.05, 0) is 37.1 Å². The number of nitrogens with zero attached hydrogens (tertiary/aromatic N) is 1. The molecular weight excluding hydrogens is 251 g/mol. The van der Waals surface area contributed by atoms with E-state index in [4.69, 9.17) is 5.11 Å². The molecule has 19 heavy (non-hydrogen) atoms. The zero-order chi connectivity index (χ0) is 13.8. The van der Waals surface area contributed by atoms with Crippen molar-refractivity contribution in [3.63, 3.8) is 0 Å². The Morgan fingerprint density at radius 3 is 2.63 bits per heavy atom. The molecule has 0 unspecified atom stereocenters. The quantitative estimate of drug-likeness (QED) is 0.861. The summed E-state index contributed by atoms with van der Waals surface area (Å²) in [7, 11) is 0. The molecule has 0 bridgehead atoms. The van der Waals surface area contributed by atoms with Crippen molar-refractivity contribution in [2.24, 2.45) is 5.92 Å². The van der Waals surface area contributed by atoms with Crippen LogP contribution in [-0.2, 0) is 4.79 Å². The van der Waals surface area contributed by atoms with Gasteiger partial charge in [0.2, 0.25) is 0 Å². The van der Waals surface area contributed by atoms with Gasteiger partial charge in [0, 0.05) is 18.8 Å². The Kier molecular flexibility index (Phi) is 3.99. The molecule has 1 heterocycles. The summed E-state index contributed by atoms with van der Waals surface area (Å²) in [4.78, 5) is 24.3. The van der Waals surface area contributed by atoms with E-state index in [1.165, 1.54) is 29.2 Å². The van der Waals surface area contributed by atoms with Crippen molar-refractivity contribution in [2.75, 3.05) is 18.4 Å². The Morgan fingerprint density at radius 2 is 2.00 bits per heavy atom. The maximum absolute atomic E-state index is 12.7. The number of anilines is 1. The lowest BCUT2D eigenvalue weighted by Gasteiger charge is -2.30. The fraction of sp³-hybridized carbons (Fsp3) is 0.385. The van der Waals surface area contributed by atoms with Gasteiger partial charge in [-0.3, -0.25) is 4.79 Å². The molecule has 1 aliphatic heterocycles. The highest BCUT2D eigenvalue weighted by molar-refractivity contribution is 5.89. The van der Waals surface area contributed by atoms with Crippen molar-refractivity contribution in [3.8, 4) is 0 Å². The molecule has 0 spiro atoms. The van der Waals surface area contributed by atoms with E-state index in [-0.39, 0.29) is 18.4 Å². The van der Waals surface area contributed by atoms with Crippen molar-refractivity contribution < 1.29 is 19.1 Å². The average Bonchev–Trinajstić information content (AvgIpc) is 2.41. The summed E-state index contributed by atoms with van der Waals surface area (Å²) in [6.07, 6.45) is 1.27. The first-order chi connectivity index (χ1) is 9.06. The minimum absolute atomic E-state index is 0.211. The lowest BCUT2D eigenvalue weighted by atomic mass is 9.99. The van der Waals surface area contributed by atoms with Gasteiger partial charge in [-0.15, -0.1) is 0 Å². The molecule has 1 aromatic rings. The number of carbonyl (C=O) groups excluding carboxylic acids is 1. The molecule has 2 N–H and O–H groups in total. The van der Waals surface area contributed by atoms with E-state index in [2.05, 4.69) is 5.32 Å². The van der Waals surface area contributed by atoms with Crippen LogP contribution in [0.2, 0.25) is 0 Å². The predicted octanol–water partition coefficient (Wildman–Crippen LogP) is 2.15. The van der Waals surface area contributed by atoms with Gasteiger partial charge < -0.3 is 15.3 Å². The normalized spacial score (nSPS) is 19.0. The van der Waals surface area contributed by atoms with E-state index in [1.54, 1.807) is 0 Å². The first kappa shape index (κ1) is 13.3. The zero-order valence-electron chi connectivity index (χ0n) is 10.3. The van der Waals surface area contributed by atoms with Gasteiger partial charge in [0.1, 0.15) is 5.82 Å². The van der Waals surface area contributed by atoms with Crippen molar-refractivity contribution in [1.29, 1.82) is 0 Å². The van der Waals surface area contributed by atoms with Gasteiger partial charge in [-0.25, -0.2) is 9.18 Å². The minimum atomic E-state index is -0.876. The van der Waals surface area contributed by atoms with Crippen LogP contribution in [0.4, 0.5) is 14.9 Å².